The van der Waals surface area contributed by atoms with Crippen molar-refractivity contribution in [2.75, 3.05) is 14.2 Å². The van der Waals surface area contributed by atoms with Crippen LogP contribution in [0.15, 0.2) is 34.7 Å². The fourth-order valence-electron chi connectivity index (χ4n) is 4.64. The maximum atomic E-state index is 13.7. The first-order valence-corrected chi connectivity index (χ1v) is 11.0. The van der Waals surface area contributed by atoms with E-state index >= 15 is 0 Å². The van der Waals surface area contributed by atoms with E-state index < -0.39 is 52.0 Å². The molecule has 2 N–H and O–H groups in total. The Morgan fingerprint density at radius 1 is 1.26 bits per heavy atom. The Morgan fingerprint density at radius 3 is 2.46 bits per heavy atom. The number of hydrogen-bond acceptors (Lipinski definition) is 10. The monoisotopic (exact) mass is 488 g/mol. The van der Waals surface area contributed by atoms with Crippen molar-refractivity contribution in [3.05, 3.63) is 50.4 Å². The van der Waals surface area contributed by atoms with Crippen molar-refractivity contribution in [3.8, 4) is 11.5 Å². The lowest BCUT2D eigenvalue weighted by molar-refractivity contribution is -0.386. The van der Waals surface area contributed by atoms with Gasteiger partial charge < -0.3 is 24.6 Å². The fourth-order valence-corrected chi connectivity index (χ4v) is 4.64. The van der Waals surface area contributed by atoms with Gasteiger partial charge in [0.05, 0.1) is 30.8 Å². The minimum atomic E-state index is -1.11. The number of methoxy groups -OCH3 is 2. The number of dihydropyridines is 1. The van der Waals surface area contributed by atoms with E-state index in [-0.39, 0.29) is 28.4 Å². The fraction of sp³-hybridized carbons (Fsp3) is 0.458. The van der Waals surface area contributed by atoms with Gasteiger partial charge in [-0.3, -0.25) is 19.7 Å². The number of nitro benzene ring substituents is 1. The van der Waals surface area contributed by atoms with E-state index in [1.165, 1.54) is 20.3 Å². The van der Waals surface area contributed by atoms with E-state index in [2.05, 4.69) is 5.32 Å². The van der Waals surface area contributed by atoms with Gasteiger partial charge >= 0.3 is 17.6 Å². The van der Waals surface area contributed by atoms with Gasteiger partial charge in [-0.05, 0) is 44.7 Å². The number of benzene rings is 1. The van der Waals surface area contributed by atoms with Crippen molar-refractivity contribution >= 4 is 23.4 Å². The molecular formula is C24H28N2O9. The summed E-state index contributed by atoms with van der Waals surface area (Å²) in [6, 6.07) is 2.42. The predicted octanol–water partition coefficient (Wildman–Crippen LogP) is 2.87. The minimum Gasteiger partial charge on any atom is -0.500 e. The molecule has 1 heterocycles. The molecule has 0 spiro atoms. The van der Waals surface area contributed by atoms with Gasteiger partial charge in [-0.2, -0.15) is 0 Å². The molecule has 35 heavy (non-hydrogen) atoms. The maximum absolute atomic E-state index is 13.7. The average Bonchev–Trinajstić information content (AvgIpc) is 2.77. The number of carbonyl (C=O) groups is 3. The summed E-state index contributed by atoms with van der Waals surface area (Å²) in [7, 11) is 2.41. The number of nitro groups is 1. The highest BCUT2D eigenvalue weighted by atomic mass is 16.6. The second-order valence-electron chi connectivity index (χ2n) is 8.84. The van der Waals surface area contributed by atoms with E-state index in [0.29, 0.717) is 17.8 Å². The number of ketones is 1. The van der Waals surface area contributed by atoms with Crippen molar-refractivity contribution in [3.63, 3.8) is 0 Å². The highest BCUT2D eigenvalue weighted by Crippen LogP contribution is 2.48. The molecule has 11 nitrogen and oxygen atoms in total. The number of esters is 2. The minimum absolute atomic E-state index is 0.0611. The Bertz CT molecular complexity index is 1170. The van der Waals surface area contributed by atoms with Crippen molar-refractivity contribution in [2.24, 2.45) is 11.8 Å². The average molecular weight is 488 g/mol. The summed E-state index contributed by atoms with van der Waals surface area (Å²) >= 11 is 0. The van der Waals surface area contributed by atoms with Crippen LogP contribution in [0.1, 0.15) is 45.6 Å². The molecule has 0 saturated carbocycles. The molecule has 0 saturated heterocycles. The van der Waals surface area contributed by atoms with Crippen LogP contribution < -0.4 is 10.1 Å². The van der Waals surface area contributed by atoms with E-state index in [1.807, 2.05) is 0 Å². The van der Waals surface area contributed by atoms with Gasteiger partial charge in [0.2, 0.25) is 5.75 Å². The first-order chi connectivity index (χ1) is 16.4. The molecule has 0 fully saturated rings. The molecule has 1 aromatic rings. The van der Waals surface area contributed by atoms with Gasteiger partial charge in [-0.1, -0.05) is 6.92 Å². The van der Waals surface area contributed by atoms with Crippen LogP contribution in [0.25, 0.3) is 0 Å². The van der Waals surface area contributed by atoms with Crippen LogP contribution in [-0.2, 0) is 23.9 Å². The molecule has 0 bridgehead atoms. The lowest BCUT2D eigenvalue weighted by Gasteiger charge is -2.38. The molecule has 1 aliphatic heterocycles. The molecule has 1 aliphatic carbocycles. The van der Waals surface area contributed by atoms with Crippen LogP contribution in [0.5, 0.6) is 11.5 Å². The quantitative estimate of drug-likeness (QED) is 0.264. The second kappa shape index (κ2) is 9.77. The maximum Gasteiger partial charge on any atom is 0.337 e. The molecule has 11 heteroatoms. The predicted molar refractivity (Wildman–Crippen MR) is 122 cm³/mol. The van der Waals surface area contributed by atoms with Crippen LogP contribution in [0.2, 0.25) is 0 Å². The molecular weight excluding hydrogens is 460 g/mol. The number of nitrogens with one attached hydrogen (secondary N) is 1. The normalized spacial score (nSPS) is 21.9. The Hall–Kier alpha value is -3.89. The molecule has 188 valence electrons. The van der Waals surface area contributed by atoms with Gasteiger partial charge in [-0.25, -0.2) is 4.79 Å². The number of rotatable bonds is 6. The van der Waals surface area contributed by atoms with Crippen LogP contribution >= 0.6 is 0 Å². The van der Waals surface area contributed by atoms with Gasteiger partial charge in [0, 0.05) is 29.0 Å². The third-order valence-electron chi connectivity index (χ3n) is 6.13. The zero-order chi connectivity index (χ0) is 26.2. The molecule has 3 rings (SSSR count). The molecule has 0 aromatic heterocycles. The number of carbonyl (C=O) groups excluding carboxylic acids is 3. The van der Waals surface area contributed by atoms with Gasteiger partial charge in [0.25, 0.3) is 0 Å². The lowest BCUT2D eigenvalue weighted by Crippen LogP contribution is -2.43. The van der Waals surface area contributed by atoms with Crippen LogP contribution in [-0.4, -0.2) is 48.1 Å². The zero-order valence-electron chi connectivity index (χ0n) is 20.3. The van der Waals surface area contributed by atoms with Gasteiger partial charge in [0.1, 0.15) is 5.92 Å². The molecule has 0 radical (unpaired) electrons. The number of aromatic hydroxyl groups is 1. The highest BCUT2D eigenvalue weighted by molar-refractivity contribution is 6.12. The summed E-state index contributed by atoms with van der Waals surface area (Å²) in [5.74, 6) is -5.49. The Kier molecular flexibility index (Phi) is 7.18. The number of Topliss-reactive ketones (excluding diaryl/α,β-unsaturated/α-hetero) is 1. The topological polar surface area (TPSA) is 154 Å². The standard InChI is InChI=1S/C24H28N2O9/c1-10(2)35-24(30)18-12(4)25-14-7-11(3)17(23(29)34-6)22(28)20(14)19(18)13-8-15(26(31)32)21(27)16(9-13)33-5/h8-11,17,19,25,27H,7H2,1-6H3/t11-,17-,19-/m1/s1. The molecule has 1 aromatic carbocycles. The summed E-state index contributed by atoms with van der Waals surface area (Å²) in [4.78, 5) is 50.3. The van der Waals surface area contributed by atoms with Crippen molar-refractivity contribution in [1.29, 1.82) is 0 Å². The number of nitrogens with zero attached hydrogens (tertiary/aromatic N) is 1. The lowest BCUT2D eigenvalue weighted by atomic mass is 9.69. The Balaban J connectivity index is 2.32. The molecule has 2 aliphatic rings. The van der Waals surface area contributed by atoms with Crippen LogP contribution in [0.4, 0.5) is 5.69 Å². The Morgan fingerprint density at radius 2 is 1.91 bits per heavy atom. The van der Waals surface area contributed by atoms with Crippen molar-refractivity contribution in [1.82, 2.24) is 5.32 Å². The SMILES string of the molecule is COC(=O)[C@H]1C(=O)C2=C(C[C@H]1C)NC(C)=C(C(=O)OC(C)C)[C@H]2c1cc(OC)c(O)c([N+](=O)[O-])c1. The van der Waals surface area contributed by atoms with Gasteiger partial charge in [-0.15, -0.1) is 0 Å². The summed E-state index contributed by atoms with van der Waals surface area (Å²) in [5, 5.41) is 25.0. The Labute approximate surface area is 201 Å². The highest BCUT2D eigenvalue weighted by Gasteiger charge is 2.47. The van der Waals surface area contributed by atoms with E-state index in [9.17, 15) is 29.6 Å². The van der Waals surface area contributed by atoms with Crippen molar-refractivity contribution in [2.45, 2.75) is 46.1 Å². The van der Waals surface area contributed by atoms with E-state index in [4.69, 9.17) is 14.2 Å². The summed E-state index contributed by atoms with van der Waals surface area (Å²) in [6.45, 7) is 6.72. The van der Waals surface area contributed by atoms with Crippen molar-refractivity contribution < 1.29 is 38.6 Å². The molecule has 3 atom stereocenters. The number of phenols is 1. The largest absolute Gasteiger partial charge is 0.500 e. The second-order valence-corrected chi connectivity index (χ2v) is 8.84. The number of hydrogen-bond donors (Lipinski definition) is 2. The number of allylic oxidation sites excluding steroid dienone is 3. The van der Waals surface area contributed by atoms with Crippen LogP contribution in [0.3, 0.4) is 0 Å². The molecule has 0 amide bonds. The summed E-state index contributed by atoms with van der Waals surface area (Å²) in [6.07, 6.45) is -0.175. The van der Waals surface area contributed by atoms with Crippen LogP contribution in [0, 0.1) is 22.0 Å². The number of phenolic OH excluding ortho intramolecular Hbond substituents is 1. The van der Waals surface area contributed by atoms with E-state index in [0.717, 1.165) is 6.07 Å². The third-order valence-corrected chi connectivity index (χ3v) is 6.13. The molecule has 0 unspecified atom stereocenters. The van der Waals surface area contributed by atoms with E-state index in [1.54, 1.807) is 27.7 Å². The smallest absolute Gasteiger partial charge is 0.337 e. The first kappa shape index (κ1) is 25.7. The third kappa shape index (κ3) is 4.58. The zero-order valence-corrected chi connectivity index (χ0v) is 20.3. The summed E-state index contributed by atoms with van der Waals surface area (Å²) in [5.41, 5.74) is 0.580. The number of ether oxygens (including phenoxy) is 3. The first-order valence-electron chi connectivity index (χ1n) is 11.0. The summed E-state index contributed by atoms with van der Waals surface area (Å²) < 4.78 is 15.4. The van der Waals surface area contributed by atoms with Gasteiger partial charge in [0.15, 0.2) is 11.5 Å².